The maximum atomic E-state index is 13.9. The Bertz CT molecular complexity index is 1510. The molecule has 0 spiro atoms. The number of benzene rings is 5. The van der Waals surface area contributed by atoms with Gasteiger partial charge in [-0.25, -0.2) is 0 Å². The molecular formula is C34H27Cl2NOPS+. The summed E-state index contributed by atoms with van der Waals surface area (Å²) in [5.41, 5.74) is 2.35. The van der Waals surface area contributed by atoms with Crippen LogP contribution in [0.15, 0.2) is 154 Å². The molecule has 0 atom stereocenters. The van der Waals surface area contributed by atoms with Crippen molar-refractivity contribution in [2.24, 2.45) is 0 Å². The highest BCUT2D eigenvalue weighted by Crippen LogP contribution is 2.64. The largest absolute Gasteiger partial charge is 0.290 e. The van der Waals surface area contributed by atoms with Gasteiger partial charge < -0.3 is 0 Å². The van der Waals surface area contributed by atoms with Crippen LogP contribution in [0.2, 0.25) is 5.02 Å². The van der Waals surface area contributed by atoms with Gasteiger partial charge in [0.15, 0.2) is 7.26 Å². The fourth-order valence-corrected chi connectivity index (χ4v) is 10.6. The maximum absolute atomic E-state index is 13.9. The maximum Gasteiger partial charge on any atom is 0.258 e. The van der Waals surface area contributed by atoms with E-state index in [1.54, 1.807) is 24.3 Å². The van der Waals surface area contributed by atoms with E-state index in [9.17, 15) is 4.79 Å². The minimum absolute atomic E-state index is 0.249. The van der Waals surface area contributed by atoms with E-state index in [2.05, 4.69) is 72.9 Å². The van der Waals surface area contributed by atoms with Crippen LogP contribution < -0.4 is 21.2 Å². The Kier molecular flexibility index (Phi) is 9.09. The van der Waals surface area contributed by atoms with Crippen molar-refractivity contribution >= 4 is 64.0 Å². The first kappa shape index (κ1) is 28.2. The van der Waals surface area contributed by atoms with Gasteiger partial charge in [0, 0.05) is 15.5 Å². The molecule has 0 unspecified atom stereocenters. The highest BCUT2D eigenvalue weighted by Gasteiger charge is 2.52. The number of rotatable bonds is 8. The van der Waals surface area contributed by atoms with Gasteiger partial charge in [0.25, 0.3) is 5.91 Å². The lowest BCUT2D eigenvalue weighted by molar-refractivity contribution is 0.0968. The van der Waals surface area contributed by atoms with Crippen molar-refractivity contribution in [3.63, 3.8) is 0 Å². The van der Waals surface area contributed by atoms with E-state index in [1.165, 1.54) is 17.3 Å². The highest BCUT2D eigenvalue weighted by atomic mass is 35.5. The standard InChI is InChI=1S/C34H26Cl2NOPS/c1-25-17-23-31(24-18-25)40-32(36)34(37-33(38)26-19-21-27(35)22-20-26)39(28-11-5-2-6-12-28,29-13-7-3-8-14-29)30-15-9-4-10-16-30/h2-24H,1H3/p+1/b34-32-. The monoisotopic (exact) mass is 598 g/mol. The van der Waals surface area contributed by atoms with Crippen molar-refractivity contribution < 1.29 is 4.79 Å². The Hall–Kier alpha value is -3.33. The Labute approximate surface area is 250 Å². The minimum atomic E-state index is -2.68. The minimum Gasteiger partial charge on any atom is -0.290 e. The van der Waals surface area contributed by atoms with Crippen molar-refractivity contribution in [2.75, 3.05) is 0 Å². The van der Waals surface area contributed by atoms with Crippen LogP contribution in [-0.4, -0.2) is 5.91 Å². The van der Waals surface area contributed by atoms with Crippen molar-refractivity contribution in [3.8, 4) is 0 Å². The molecule has 0 aliphatic carbocycles. The summed E-state index contributed by atoms with van der Waals surface area (Å²) in [5, 5.41) is 7.14. The van der Waals surface area contributed by atoms with Crippen LogP contribution >= 0.6 is 42.2 Å². The topological polar surface area (TPSA) is 29.1 Å². The van der Waals surface area contributed by atoms with Gasteiger partial charge in [-0.15, -0.1) is 0 Å². The molecule has 0 saturated heterocycles. The molecule has 40 heavy (non-hydrogen) atoms. The fourth-order valence-electron chi connectivity index (χ4n) is 4.59. The van der Waals surface area contributed by atoms with Gasteiger partial charge in [0.05, 0.1) is 0 Å². The third kappa shape index (κ3) is 6.04. The molecule has 5 aromatic rings. The normalized spacial score (nSPS) is 12.0. The molecule has 1 amide bonds. The smallest absolute Gasteiger partial charge is 0.258 e. The molecule has 5 aromatic carbocycles. The summed E-state index contributed by atoms with van der Waals surface area (Å²) in [7, 11) is -2.68. The SMILES string of the molecule is Cc1ccc(S/C(Cl)=C(/NC(=O)c2ccc(Cl)cc2)[P+](c2ccccc2)(c2ccccc2)c2ccccc2)cc1. The van der Waals surface area contributed by atoms with Crippen molar-refractivity contribution in [1.29, 1.82) is 0 Å². The van der Waals surface area contributed by atoms with Crippen LogP contribution in [-0.2, 0) is 0 Å². The van der Waals surface area contributed by atoms with E-state index in [-0.39, 0.29) is 5.91 Å². The number of nitrogens with one attached hydrogen (secondary N) is 1. The van der Waals surface area contributed by atoms with Crippen LogP contribution in [0.3, 0.4) is 0 Å². The zero-order valence-corrected chi connectivity index (χ0v) is 25.0. The third-order valence-electron chi connectivity index (χ3n) is 6.52. The highest BCUT2D eigenvalue weighted by molar-refractivity contribution is 8.06. The molecule has 0 bridgehead atoms. The van der Waals surface area contributed by atoms with Crippen molar-refractivity contribution in [3.05, 3.63) is 165 Å². The molecule has 0 heterocycles. The first-order chi connectivity index (χ1) is 19.5. The summed E-state index contributed by atoms with van der Waals surface area (Å²) in [6, 6.07) is 46.1. The average Bonchev–Trinajstić information content (AvgIpc) is 3.00. The summed E-state index contributed by atoms with van der Waals surface area (Å²) in [5.74, 6) is -0.249. The average molecular weight is 600 g/mol. The number of aryl methyl sites for hydroxylation is 1. The quantitative estimate of drug-likeness (QED) is 0.143. The third-order valence-corrected chi connectivity index (χ3v) is 12.6. The van der Waals surface area contributed by atoms with Gasteiger partial charge in [0.1, 0.15) is 20.3 Å². The zero-order chi connectivity index (χ0) is 28.0. The summed E-state index contributed by atoms with van der Waals surface area (Å²) < 4.78 is 0.510. The number of carbonyl (C=O) groups is 1. The predicted octanol–water partition coefficient (Wildman–Crippen LogP) is 8.53. The van der Waals surface area contributed by atoms with Crippen molar-refractivity contribution in [1.82, 2.24) is 5.32 Å². The predicted molar refractivity (Wildman–Crippen MR) is 174 cm³/mol. The number of thioether (sulfide) groups is 1. The van der Waals surface area contributed by atoms with Crippen LogP contribution in [0.1, 0.15) is 15.9 Å². The van der Waals surface area contributed by atoms with E-state index < -0.39 is 7.26 Å². The Balaban J connectivity index is 1.80. The van der Waals surface area contributed by atoms with Gasteiger partial charge in [0.2, 0.25) is 5.44 Å². The van der Waals surface area contributed by atoms with Crippen molar-refractivity contribution in [2.45, 2.75) is 11.8 Å². The zero-order valence-electron chi connectivity index (χ0n) is 21.8. The van der Waals surface area contributed by atoms with Crippen LogP contribution in [0.5, 0.6) is 0 Å². The second-order valence-electron chi connectivity index (χ2n) is 9.18. The summed E-state index contributed by atoms with van der Waals surface area (Å²) >= 11 is 14.9. The van der Waals surface area contributed by atoms with Crippen LogP contribution in [0.4, 0.5) is 0 Å². The Morgan fingerprint density at radius 1 is 0.650 bits per heavy atom. The van der Waals surface area contributed by atoms with E-state index in [0.29, 0.717) is 20.4 Å². The van der Waals surface area contributed by atoms with E-state index >= 15 is 0 Å². The molecule has 198 valence electrons. The molecule has 0 aliphatic heterocycles. The number of amides is 1. The number of hydrogen-bond donors (Lipinski definition) is 1. The Morgan fingerprint density at radius 2 is 1.10 bits per heavy atom. The van der Waals surface area contributed by atoms with Gasteiger partial charge >= 0.3 is 0 Å². The second-order valence-corrected chi connectivity index (χ2v) is 14.6. The molecule has 2 nitrogen and oxygen atoms in total. The van der Waals surface area contributed by atoms with Gasteiger partial charge in [-0.2, -0.15) is 0 Å². The summed E-state index contributed by atoms with van der Waals surface area (Å²) in [6.45, 7) is 2.06. The summed E-state index contributed by atoms with van der Waals surface area (Å²) in [6.07, 6.45) is 0. The first-order valence-corrected chi connectivity index (χ1v) is 16.1. The lowest BCUT2D eigenvalue weighted by atomic mass is 10.2. The fraction of sp³-hybridized carbons (Fsp3) is 0.0294. The van der Waals surface area contributed by atoms with E-state index in [4.69, 9.17) is 23.2 Å². The molecule has 1 N–H and O–H groups in total. The summed E-state index contributed by atoms with van der Waals surface area (Å²) in [4.78, 5) is 14.9. The van der Waals surface area contributed by atoms with Crippen LogP contribution in [0, 0.1) is 6.92 Å². The molecule has 0 aliphatic rings. The first-order valence-electron chi connectivity index (χ1n) is 12.8. The lowest BCUT2D eigenvalue weighted by Gasteiger charge is -2.30. The van der Waals surface area contributed by atoms with E-state index in [1.807, 2.05) is 54.6 Å². The van der Waals surface area contributed by atoms with E-state index in [0.717, 1.165) is 20.8 Å². The Morgan fingerprint density at radius 3 is 1.55 bits per heavy atom. The second kappa shape index (κ2) is 12.9. The van der Waals surface area contributed by atoms with Gasteiger partial charge in [-0.1, -0.05) is 107 Å². The van der Waals surface area contributed by atoms with Crippen LogP contribution in [0.25, 0.3) is 0 Å². The number of halogens is 2. The lowest BCUT2D eigenvalue weighted by Crippen LogP contribution is -2.38. The molecule has 0 fully saturated rings. The van der Waals surface area contributed by atoms with Gasteiger partial charge in [-0.05, 0) is 79.7 Å². The molecule has 5 rings (SSSR count). The van der Waals surface area contributed by atoms with Gasteiger partial charge in [-0.3, -0.25) is 10.1 Å². The number of hydrogen-bond acceptors (Lipinski definition) is 2. The molecule has 0 saturated carbocycles. The molecule has 6 heteroatoms. The number of carbonyl (C=O) groups excluding carboxylic acids is 1. The molecular weight excluding hydrogens is 572 g/mol. The molecule has 0 radical (unpaired) electrons. The molecule has 0 aromatic heterocycles.